The summed E-state index contributed by atoms with van der Waals surface area (Å²) < 4.78 is 23.4. The lowest BCUT2D eigenvalue weighted by molar-refractivity contribution is 0.168. The van der Waals surface area contributed by atoms with Gasteiger partial charge in [-0.1, -0.05) is 0 Å². The van der Waals surface area contributed by atoms with E-state index < -0.39 is 16.8 Å². The van der Waals surface area contributed by atoms with Gasteiger partial charge in [0.15, 0.2) is 16.8 Å². The van der Waals surface area contributed by atoms with Crippen LogP contribution in [0, 0.1) is 0 Å². The minimum absolute atomic E-state index is 0.153. The predicted octanol–water partition coefficient (Wildman–Crippen LogP) is 5.27. The van der Waals surface area contributed by atoms with Crippen molar-refractivity contribution < 1.29 is 18.1 Å². The molecular weight excluding hydrogens is 282 g/mol. The molecule has 0 aliphatic heterocycles. The molecular formula is C13H30O4P2. The fraction of sp³-hybridized carbons (Fsp3) is 1.00. The molecule has 0 aromatic heterocycles. The van der Waals surface area contributed by atoms with Crippen LogP contribution in [0.5, 0.6) is 0 Å². The normalized spacial score (nSPS) is 12.9. The summed E-state index contributed by atoms with van der Waals surface area (Å²) in [6.07, 6.45) is 0.610. The number of hydrogen-bond acceptors (Lipinski definition) is 4. The van der Waals surface area contributed by atoms with Gasteiger partial charge in [-0.15, -0.1) is 0 Å². The van der Waals surface area contributed by atoms with E-state index in [1.54, 1.807) is 0 Å². The third kappa shape index (κ3) is 12.2. The van der Waals surface area contributed by atoms with E-state index in [-0.39, 0.29) is 24.4 Å². The molecule has 0 atom stereocenters. The van der Waals surface area contributed by atoms with Crippen molar-refractivity contribution >= 4 is 16.8 Å². The highest BCUT2D eigenvalue weighted by Crippen LogP contribution is 2.55. The third-order valence-electron chi connectivity index (χ3n) is 1.54. The lowest BCUT2D eigenvalue weighted by Crippen LogP contribution is -2.10. The van der Waals surface area contributed by atoms with Gasteiger partial charge in [0, 0.05) is 0 Å². The summed E-state index contributed by atoms with van der Waals surface area (Å²) in [5, 5.41) is 0. The van der Waals surface area contributed by atoms with Gasteiger partial charge in [-0.25, -0.2) is 0 Å². The predicted molar refractivity (Wildman–Crippen MR) is 83.6 cm³/mol. The van der Waals surface area contributed by atoms with Crippen molar-refractivity contribution in [1.82, 2.24) is 0 Å². The molecule has 0 fully saturated rings. The van der Waals surface area contributed by atoms with Gasteiger partial charge in [0.05, 0.1) is 30.3 Å². The number of rotatable bonds is 10. The van der Waals surface area contributed by atoms with Gasteiger partial charge < -0.3 is 18.1 Å². The van der Waals surface area contributed by atoms with Crippen molar-refractivity contribution in [1.29, 1.82) is 0 Å². The smallest absolute Gasteiger partial charge is 0.180 e. The average Bonchev–Trinajstić information content (AvgIpc) is 2.11. The second-order valence-corrected chi connectivity index (χ2v) is 8.73. The monoisotopic (exact) mass is 312 g/mol. The van der Waals surface area contributed by atoms with Crippen LogP contribution in [0.15, 0.2) is 0 Å². The first-order chi connectivity index (χ1) is 8.70. The van der Waals surface area contributed by atoms with Gasteiger partial charge >= 0.3 is 0 Å². The zero-order chi connectivity index (χ0) is 15.0. The molecule has 4 nitrogen and oxygen atoms in total. The van der Waals surface area contributed by atoms with E-state index in [1.807, 2.05) is 55.4 Å². The molecule has 0 radical (unpaired) electrons. The fourth-order valence-corrected chi connectivity index (χ4v) is 5.02. The van der Waals surface area contributed by atoms with Gasteiger partial charge in [0.25, 0.3) is 0 Å². The van der Waals surface area contributed by atoms with E-state index in [0.717, 1.165) is 0 Å². The van der Waals surface area contributed by atoms with E-state index in [0.29, 0.717) is 5.90 Å². The minimum Gasteiger partial charge on any atom is -0.331 e. The second-order valence-electron chi connectivity index (χ2n) is 5.42. The van der Waals surface area contributed by atoms with Crippen LogP contribution >= 0.6 is 16.8 Å². The quantitative estimate of drug-likeness (QED) is 0.515. The Kier molecular flexibility index (Phi) is 10.8. The first kappa shape index (κ1) is 19.7. The largest absolute Gasteiger partial charge is 0.331 e. The Labute approximate surface area is 121 Å². The molecule has 0 heterocycles. The van der Waals surface area contributed by atoms with Gasteiger partial charge in [0.2, 0.25) is 0 Å². The Bertz CT molecular complexity index is 181. The average molecular weight is 312 g/mol. The lowest BCUT2D eigenvalue weighted by atomic mass is 10.5. The van der Waals surface area contributed by atoms with Gasteiger partial charge in [-0.2, -0.15) is 0 Å². The first-order valence-corrected chi connectivity index (χ1v) is 9.65. The van der Waals surface area contributed by atoms with E-state index in [9.17, 15) is 0 Å². The van der Waals surface area contributed by atoms with Crippen molar-refractivity contribution in [2.75, 3.05) is 5.90 Å². The highest BCUT2D eigenvalue weighted by Gasteiger charge is 2.24. The van der Waals surface area contributed by atoms with Gasteiger partial charge in [-0.3, -0.25) is 0 Å². The van der Waals surface area contributed by atoms with Crippen molar-refractivity contribution in [3.05, 3.63) is 0 Å². The van der Waals surface area contributed by atoms with Crippen LogP contribution in [0.2, 0.25) is 0 Å². The zero-order valence-electron chi connectivity index (χ0n) is 13.5. The molecule has 0 unspecified atom stereocenters. The number of hydrogen-bond donors (Lipinski definition) is 0. The van der Waals surface area contributed by atoms with Gasteiger partial charge in [0.1, 0.15) is 0 Å². The molecule has 0 N–H and O–H groups in total. The molecule has 0 aliphatic carbocycles. The molecule has 116 valence electrons. The Morgan fingerprint density at radius 2 is 0.737 bits per heavy atom. The summed E-state index contributed by atoms with van der Waals surface area (Å²) in [5.74, 6) is 0.706. The molecule has 0 amide bonds. The Balaban J connectivity index is 4.51. The van der Waals surface area contributed by atoms with E-state index in [2.05, 4.69) is 0 Å². The molecule has 0 aromatic carbocycles. The van der Waals surface area contributed by atoms with E-state index >= 15 is 0 Å². The summed E-state index contributed by atoms with van der Waals surface area (Å²) in [7, 11) is -1.92. The van der Waals surface area contributed by atoms with E-state index in [4.69, 9.17) is 18.1 Å². The third-order valence-corrected chi connectivity index (χ3v) is 6.02. The zero-order valence-corrected chi connectivity index (χ0v) is 15.3. The standard InChI is InChI=1S/C13H30O4P2/c1-10(2)14-18(15-11(3)4)9-19(16-12(5)6)17-13(7)8/h10-13H,9H2,1-8H3. The van der Waals surface area contributed by atoms with Crippen molar-refractivity contribution in [3.63, 3.8) is 0 Å². The molecule has 0 saturated heterocycles. The fourth-order valence-electron chi connectivity index (χ4n) is 1.22. The van der Waals surface area contributed by atoms with Gasteiger partial charge in [-0.05, 0) is 55.4 Å². The van der Waals surface area contributed by atoms with Crippen LogP contribution in [-0.4, -0.2) is 30.3 Å². The van der Waals surface area contributed by atoms with E-state index in [1.165, 1.54) is 0 Å². The summed E-state index contributed by atoms with van der Waals surface area (Å²) >= 11 is 0. The summed E-state index contributed by atoms with van der Waals surface area (Å²) in [6.45, 7) is 16.2. The maximum atomic E-state index is 5.85. The topological polar surface area (TPSA) is 36.9 Å². The molecule has 0 saturated carbocycles. The highest BCUT2D eigenvalue weighted by atomic mass is 31.2. The molecule has 0 aliphatic rings. The Morgan fingerprint density at radius 3 is 0.895 bits per heavy atom. The molecule has 0 rings (SSSR count). The highest BCUT2D eigenvalue weighted by molar-refractivity contribution is 7.65. The molecule has 19 heavy (non-hydrogen) atoms. The summed E-state index contributed by atoms with van der Waals surface area (Å²) in [4.78, 5) is 0. The Hall–Kier alpha value is 0.700. The van der Waals surface area contributed by atoms with Crippen LogP contribution in [-0.2, 0) is 18.1 Å². The summed E-state index contributed by atoms with van der Waals surface area (Å²) in [6, 6.07) is 0. The molecule has 6 heteroatoms. The van der Waals surface area contributed by atoms with Crippen LogP contribution in [0.1, 0.15) is 55.4 Å². The van der Waals surface area contributed by atoms with Crippen molar-refractivity contribution in [3.8, 4) is 0 Å². The van der Waals surface area contributed by atoms with Crippen LogP contribution in [0.3, 0.4) is 0 Å². The SMILES string of the molecule is CC(C)OP(CP(OC(C)C)OC(C)C)OC(C)C. The van der Waals surface area contributed by atoms with Crippen LogP contribution < -0.4 is 0 Å². The maximum Gasteiger partial charge on any atom is 0.180 e. The molecule has 0 bridgehead atoms. The lowest BCUT2D eigenvalue weighted by Gasteiger charge is -2.27. The molecule has 0 aromatic rings. The maximum absolute atomic E-state index is 5.85. The van der Waals surface area contributed by atoms with Crippen LogP contribution in [0.25, 0.3) is 0 Å². The van der Waals surface area contributed by atoms with Crippen LogP contribution in [0.4, 0.5) is 0 Å². The summed E-state index contributed by atoms with van der Waals surface area (Å²) in [5.41, 5.74) is 0. The minimum atomic E-state index is -0.961. The first-order valence-electron chi connectivity index (χ1n) is 6.92. The van der Waals surface area contributed by atoms with Crippen molar-refractivity contribution in [2.24, 2.45) is 0 Å². The molecule has 0 spiro atoms. The van der Waals surface area contributed by atoms with Crippen molar-refractivity contribution in [2.45, 2.75) is 79.8 Å². The second kappa shape index (κ2) is 10.4. The Morgan fingerprint density at radius 1 is 0.526 bits per heavy atom.